The van der Waals surface area contributed by atoms with Gasteiger partial charge in [0.25, 0.3) is 0 Å². The summed E-state index contributed by atoms with van der Waals surface area (Å²) in [5.41, 5.74) is 0.989. The first-order chi connectivity index (χ1) is 11.3. The molecule has 130 valence electrons. The molecule has 1 heterocycles. The number of carbonyl (C=O) groups excluding carboxylic acids is 3. The topological polar surface area (TPSA) is 78.5 Å². The molecule has 0 radical (unpaired) electrons. The molecule has 0 aromatic heterocycles. The number of anilines is 2. The maximum Gasteiger partial charge on any atom is 0.227 e. The first-order valence-electron chi connectivity index (χ1n) is 8.26. The van der Waals surface area contributed by atoms with Gasteiger partial charge in [-0.1, -0.05) is 26.8 Å². The van der Waals surface area contributed by atoms with E-state index in [1.54, 1.807) is 17.0 Å². The zero-order valence-corrected chi connectivity index (χ0v) is 14.5. The maximum atomic E-state index is 12.0. The van der Waals surface area contributed by atoms with Gasteiger partial charge in [-0.25, -0.2) is 0 Å². The van der Waals surface area contributed by atoms with Gasteiger partial charge < -0.3 is 15.5 Å². The molecule has 0 atom stereocenters. The van der Waals surface area contributed by atoms with Gasteiger partial charge >= 0.3 is 0 Å². The summed E-state index contributed by atoms with van der Waals surface area (Å²) in [6.45, 7) is 6.50. The van der Waals surface area contributed by atoms with Gasteiger partial charge in [-0.3, -0.25) is 14.4 Å². The van der Waals surface area contributed by atoms with E-state index in [4.69, 9.17) is 0 Å². The molecular weight excluding hydrogens is 306 g/mol. The van der Waals surface area contributed by atoms with Crippen LogP contribution in [-0.4, -0.2) is 30.8 Å². The first-order valence-corrected chi connectivity index (χ1v) is 8.26. The Morgan fingerprint density at radius 2 is 2.00 bits per heavy atom. The van der Waals surface area contributed by atoms with E-state index in [2.05, 4.69) is 10.6 Å². The van der Waals surface area contributed by atoms with E-state index in [9.17, 15) is 14.4 Å². The Morgan fingerprint density at radius 3 is 2.62 bits per heavy atom. The Hall–Kier alpha value is -2.37. The lowest BCUT2D eigenvalue weighted by Gasteiger charge is -2.18. The van der Waals surface area contributed by atoms with Crippen molar-refractivity contribution in [1.82, 2.24) is 5.32 Å². The summed E-state index contributed by atoms with van der Waals surface area (Å²) in [5.74, 6) is -0.137. The number of amides is 3. The molecule has 2 rings (SSSR count). The Morgan fingerprint density at radius 1 is 1.25 bits per heavy atom. The van der Waals surface area contributed by atoms with Crippen molar-refractivity contribution < 1.29 is 14.4 Å². The van der Waals surface area contributed by atoms with Crippen LogP contribution < -0.4 is 15.5 Å². The zero-order chi connectivity index (χ0) is 17.7. The van der Waals surface area contributed by atoms with Crippen LogP contribution in [0.3, 0.4) is 0 Å². The van der Waals surface area contributed by atoms with Crippen molar-refractivity contribution in [2.24, 2.45) is 5.41 Å². The molecular formula is C18H25N3O3. The number of rotatable bonds is 5. The van der Waals surface area contributed by atoms with E-state index in [-0.39, 0.29) is 24.1 Å². The van der Waals surface area contributed by atoms with Gasteiger partial charge in [-0.15, -0.1) is 0 Å². The number of hydrogen-bond acceptors (Lipinski definition) is 3. The largest absolute Gasteiger partial charge is 0.355 e. The number of benzene rings is 1. The van der Waals surface area contributed by atoms with Gasteiger partial charge in [0.15, 0.2) is 0 Å². The molecule has 6 heteroatoms. The van der Waals surface area contributed by atoms with Gasteiger partial charge in [0, 0.05) is 42.7 Å². The highest BCUT2D eigenvalue weighted by molar-refractivity contribution is 5.97. The lowest BCUT2D eigenvalue weighted by molar-refractivity contribution is -0.128. The van der Waals surface area contributed by atoms with Crippen LogP contribution in [0.15, 0.2) is 24.3 Å². The third-order valence-electron chi connectivity index (χ3n) is 3.83. The molecule has 1 aromatic carbocycles. The summed E-state index contributed by atoms with van der Waals surface area (Å²) in [5, 5.41) is 5.55. The minimum Gasteiger partial charge on any atom is -0.355 e. The highest BCUT2D eigenvalue weighted by atomic mass is 16.2. The molecule has 6 nitrogen and oxygen atoms in total. The molecule has 1 aromatic rings. The van der Waals surface area contributed by atoms with Crippen LogP contribution in [0.5, 0.6) is 0 Å². The van der Waals surface area contributed by atoms with Crippen LogP contribution in [0, 0.1) is 5.41 Å². The van der Waals surface area contributed by atoms with E-state index in [1.807, 2.05) is 32.9 Å². The van der Waals surface area contributed by atoms with Crippen LogP contribution in [0.2, 0.25) is 0 Å². The summed E-state index contributed by atoms with van der Waals surface area (Å²) < 4.78 is 0. The molecule has 1 fully saturated rings. The van der Waals surface area contributed by atoms with Gasteiger partial charge in [-0.2, -0.15) is 0 Å². The fourth-order valence-electron chi connectivity index (χ4n) is 2.45. The highest BCUT2D eigenvalue weighted by Crippen LogP contribution is 2.24. The predicted molar refractivity (Wildman–Crippen MR) is 93.7 cm³/mol. The molecule has 0 bridgehead atoms. The van der Waals surface area contributed by atoms with Crippen LogP contribution >= 0.6 is 0 Å². The maximum absolute atomic E-state index is 12.0. The molecule has 1 aliphatic heterocycles. The molecule has 0 spiro atoms. The molecule has 0 aliphatic carbocycles. The molecule has 1 saturated heterocycles. The van der Waals surface area contributed by atoms with E-state index < -0.39 is 5.41 Å². The smallest absolute Gasteiger partial charge is 0.227 e. The van der Waals surface area contributed by atoms with E-state index in [0.717, 1.165) is 18.7 Å². The van der Waals surface area contributed by atoms with Gasteiger partial charge in [0.05, 0.1) is 0 Å². The zero-order valence-electron chi connectivity index (χ0n) is 14.5. The second-order valence-electron chi connectivity index (χ2n) is 7.00. The summed E-state index contributed by atoms with van der Waals surface area (Å²) in [4.78, 5) is 37.3. The lowest BCUT2D eigenvalue weighted by atomic mass is 9.96. The summed E-state index contributed by atoms with van der Waals surface area (Å²) in [7, 11) is 0. The van der Waals surface area contributed by atoms with Crippen molar-refractivity contribution in [3.05, 3.63) is 24.3 Å². The predicted octanol–water partition coefficient (Wildman–Crippen LogP) is 2.30. The van der Waals surface area contributed by atoms with Crippen molar-refractivity contribution in [3.8, 4) is 0 Å². The summed E-state index contributed by atoms with van der Waals surface area (Å²) >= 11 is 0. The minimum absolute atomic E-state index is 0.0788. The SMILES string of the molecule is CC(C)(C)C(=O)NCCC(=O)Nc1cccc(N2CCCC2=O)c1. The molecule has 0 saturated carbocycles. The molecule has 3 amide bonds. The van der Waals surface area contributed by atoms with Crippen molar-refractivity contribution in [3.63, 3.8) is 0 Å². The average Bonchev–Trinajstić information content (AvgIpc) is 2.92. The second kappa shape index (κ2) is 7.47. The van der Waals surface area contributed by atoms with Crippen LogP contribution in [-0.2, 0) is 14.4 Å². The normalized spacial score (nSPS) is 14.6. The number of carbonyl (C=O) groups is 3. The highest BCUT2D eigenvalue weighted by Gasteiger charge is 2.22. The van der Waals surface area contributed by atoms with Gasteiger partial charge in [0.1, 0.15) is 0 Å². The van der Waals surface area contributed by atoms with Gasteiger partial charge in [0.2, 0.25) is 17.7 Å². The van der Waals surface area contributed by atoms with Crippen molar-refractivity contribution in [2.45, 2.75) is 40.0 Å². The van der Waals surface area contributed by atoms with E-state index in [0.29, 0.717) is 18.7 Å². The Labute approximate surface area is 142 Å². The van der Waals surface area contributed by atoms with E-state index >= 15 is 0 Å². The van der Waals surface area contributed by atoms with Gasteiger partial charge in [-0.05, 0) is 24.6 Å². The molecule has 1 aliphatic rings. The number of hydrogen-bond donors (Lipinski definition) is 2. The minimum atomic E-state index is -0.465. The first kappa shape index (κ1) is 18.0. The monoisotopic (exact) mass is 331 g/mol. The van der Waals surface area contributed by atoms with Crippen LogP contribution in [0.1, 0.15) is 40.0 Å². The summed E-state index contributed by atoms with van der Waals surface area (Å²) in [6.07, 6.45) is 1.64. The number of nitrogens with zero attached hydrogens (tertiary/aromatic N) is 1. The second-order valence-corrected chi connectivity index (χ2v) is 7.00. The third-order valence-corrected chi connectivity index (χ3v) is 3.83. The number of nitrogens with one attached hydrogen (secondary N) is 2. The van der Waals surface area contributed by atoms with Crippen LogP contribution in [0.4, 0.5) is 11.4 Å². The van der Waals surface area contributed by atoms with Crippen molar-refractivity contribution >= 4 is 29.1 Å². The Balaban J connectivity index is 1.86. The molecule has 24 heavy (non-hydrogen) atoms. The Kier molecular flexibility index (Phi) is 5.59. The fraction of sp³-hybridized carbons (Fsp3) is 0.500. The Bertz CT molecular complexity index is 635. The standard InChI is InChI=1S/C18H25N3O3/c1-18(2,3)17(24)19-10-9-15(22)20-13-6-4-7-14(12-13)21-11-5-8-16(21)23/h4,6-7,12H,5,8-11H2,1-3H3,(H,19,24)(H,20,22). The molecule has 2 N–H and O–H groups in total. The van der Waals surface area contributed by atoms with Crippen molar-refractivity contribution in [1.29, 1.82) is 0 Å². The van der Waals surface area contributed by atoms with Crippen molar-refractivity contribution in [2.75, 3.05) is 23.3 Å². The lowest BCUT2D eigenvalue weighted by Crippen LogP contribution is -2.36. The molecule has 0 unspecified atom stereocenters. The van der Waals surface area contributed by atoms with E-state index in [1.165, 1.54) is 0 Å². The summed E-state index contributed by atoms with van der Waals surface area (Å²) in [6, 6.07) is 7.27. The van der Waals surface area contributed by atoms with Crippen LogP contribution in [0.25, 0.3) is 0 Å². The third kappa shape index (κ3) is 4.81. The quantitative estimate of drug-likeness (QED) is 0.869. The average molecular weight is 331 g/mol. The fourth-order valence-corrected chi connectivity index (χ4v) is 2.45.